The molecule has 29 heavy (non-hydrogen) atoms. The Hall–Kier alpha value is -1.21. The van der Waals surface area contributed by atoms with Gasteiger partial charge in [0, 0.05) is 29.9 Å². The summed E-state index contributed by atoms with van der Waals surface area (Å²) in [4.78, 5) is 2.21. The lowest BCUT2D eigenvalue weighted by Gasteiger charge is -2.29. The molecule has 152 valence electrons. The van der Waals surface area contributed by atoms with Crippen molar-refractivity contribution in [2.24, 2.45) is 5.92 Å². The van der Waals surface area contributed by atoms with E-state index in [4.69, 9.17) is 5.26 Å². The molecule has 6 heteroatoms. The number of hydrogen-bond donors (Lipinski definition) is 0. The zero-order valence-electron chi connectivity index (χ0n) is 16.2. The fourth-order valence-electron chi connectivity index (χ4n) is 4.67. The third kappa shape index (κ3) is 3.58. The van der Waals surface area contributed by atoms with Crippen molar-refractivity contribution in [3.63, 3.8) is 0 Å². The topological polar surface area (TPSA) is 27.0 Å². The molecule has 2 heterocycles. The third-order valence-corrected chi connectivity index (χ3v) is 13.1. The molecule has 0 unspecified atom stereocenters. The van der Waals surface area contributed by atoms with Gasteiger partial charge in [0.15, 0.2) is 0 Å². The summed E-state index contributed by atoms with van der Waals surface area (Å²) in [6.45, 7) is 2.90. The highest BCUT2D eigenvalue weighted by molar-refractivity contribution is 14.3. The van der Waals surface area contributed by atoms with Crippen molar-refractivity contribution >= 4 is 50.5 Å². The Kier molecular flexibility index (Phi) is 5.90. The van der Waals surface area contributed by atoms with Crippen LogP contribution in [0.4, 0.5) is 8.78 Å². The Morgan fingerprint density at radius 2 is 2.07 bits per heavy atom. The predicted molar refractivity (Wildman–Crippen MR) is 133 cm³/mol. The fraction of sp³-hybridized carbons (Fsp3) is 0.348. The van der Waals surface area contributed by atoms with E-state index in [9.17, 15) is 4.39 Å². The Balaban J connectivity index is 1.78. The summed E-state index contributed by atoms with van der Waals surface area (Å²) < 4.78 is 36.6. The van der Waals surface area contributed by atoms with Gasteiger partial charge in [-0.05, 0) is 67.0 Å². The first-order valence-electron chi connectivity index (χ1n) is 9.50. The van der Waals surface area contributed by atoms with Gasteiger partial charge >= 0.3 is 0 Å². The quantitative estimate of drug-likeness (QED) is 0.306. The molecule has 0 saturated heterocycles. The van der Waals surface area contributed by atoms with Crippen molar-refractivity contribution in [2.45, 2.75) is 34.3 Å². The zero-order valence-corrected chi connectivity index (χ0v) is 20.6. The van der Waals surface area contributed by atoms with Gasteiger partial charge in [0.05, 0.1) is 5.56 Å². The lowest BCUT2D eigenvalue weighted by Crippen LogP contribution is -2.23. The first-order valence-corrected chi connectivity index (χ1v) is 14.7. The molecular formula is C23H22F2I2N2. The highest BCUT2D eigenvalue weighted by atomic mass is 127. The van der Waals surface area contributed by atoms with E-state index >= 15 is 4.39 Å². The molecule has 0 aromatic heterocycles. The smallest absolute Gasteiger partial charge is 0.226 e. The number of nitriles is 1. The number of fused-ring (bicyclic) bond motifs is 3. The summed E-state index contributed by atoms with van der Waals surface area (Å²) in [5, 5.41) is 9.16. The minimum Gasteiger partial charge on any atom is -0.347 e. The Morgan fingerprint density at radius 3 is 2.76 bits per heavy atom. The molecule has 0 radical (unpaired) electrons. The average Bonchev–Trinajstić information content (AvgIpc) is 3.04. The molecule has 0 N–H and O–H groups in total. The maximum Gasteiger partial charge on any atom is 0.226 e. The first kappa shape index (κ1) is 21.0. The Morgan fingerprint density at radius 1 is 1.31 bits per heavy atom. The Labute approximate surface area is 190 Å². The largest absolute Gasteiger partial charge is 0.347 e. The van der Waals surface area contributed by atoms with Gasteiger partial charge < -0.3 is 4.90 Å². The summed E-state index contributed by atoms with van der Waals surface area (Å²) in [7, 11) is 0. The van der Waals surface area contributed by atoms with E-state index in [2.05, 4.69) is 13.9 Å². The Bertz CT molecular complexity index is 1040. The standard InChI is InChI=1S/C23H22F2I2N2/c1-14-9-18(23(25,26-2)27-3)13-29-12-17-5-4-6-19-15(10-20(17)22(14)29)7-8-16(11-28)21(19)24/h7-9,13,17H,2-6,10,12H2,1H3/t17-/m0/s1. The van der Waals surface area contributed by atoms with Crippen LogP contribution in [0.3, 0.4) is 0 Å². The lowest BCUT2D eigenvalue weighted by molar-refractivity contribution is 0.413. The van der Waals surface area contributed by atoms with Gasteiger partial charge in [-0.15, -0.1) is 0 Å². The summed E-state index contributed by atoms with van der Waals surface area (Å²) >= 11 is -1.66. The van der Waals surface area contributed by atoms with Gasteiger partial charge in [-0.2, -0.15) is 5.26 Å². The summed E-state index contributed by atoms with van der Waals surface area (Å²) in [5.74, 6) is 0.0386. The van der Waals surface area contributed by atoms with E-state index in [0.717, 1.165) is 36.1 Å². The van der Waals surface area contributed by atoms with E-state index < -0.39 is 43.1 Å². The van der Waals surface area contributed by atoms with Crippen molar-refractivity contribution in [3.05, 3.63) is 69.3 Å². The van der Waals surface area contributed by atoms with Gasteiger partial charge in [-0.1, -0.05) is 56.6 Å². The molecule has 0 amide bonds. The van der Waals surface area contributed by atoms with Crippen LogP contribution < -0.4 is 0 Å². The number of hydrogen-bond acceptors (Lipinski definition) is 2. The number of halogens is 4. The molecule has 4 rings (SSSR count). The summed E-state index contributed by atoms with van der Waals surface area (Å²) in [6.07, 6.45) is 7.18. The van der Waals surface area contributed by atoms with Crippen molar-refractivity contribution in [3.8, 4) is 6.07 Å². The van der Waals surface area contributed by atoms with Crippen LogP contribution in [0.25, 0.3) is 0 Å². The van der Waals surface area contributed by atoms with Crippen LogP contribution in [0, 0.1) is 23.1 Å². The van der Waals surface area contributed by atoms with Crippen LogP contribution in [0.2, 0.25) is 0 Å². The number of alkyl halides is 3. The second-order valence-electron chi connectivity index (χ2n) is 7.65. The van der Waals surface area contributed by atoms with Gasteiger partial charge in [-0.25, -0.2) is 8.78 Å². The molecule has 1 aromatic rings. The maximum atomic E-state index is 15.3. The van der Waals surface area contributed by atoms with Crippen LogP contribution in [0.15, 0.2) is 46.8 Å². The molecule has 2 nitrogen and oxygen atoms in total. The molecule has 0 saturated carbocycles. The molecule has 0 spiro atoms. The lowest BCUT2D eigenvalue weighted by atomic mass is 9.83. The molecule has 3 aliphatic rings. The van der Waals surface area contributed by atoms with E-state index in [1.54, 1.807) is 6.07 Å². The van der Waals surface area contributed by atoms with Crippen LogP contribution in [-0.4, -0.2) is 22.2 Å². The van der Waals surface area contributed by atoms with Crippen molar-refractivity contribution in [1.29, 1.82) is 5.26 Å². The monoisotopic (exact) mass is 618 g/mol. The molecule has 0 fully saturated rings. The molecular weight excluding hydrogens is 596 g/mol. The van der Waals surface area contributed by atoms with Crippen LogP contribution in [0.5, 0.6) is 0 Å². The molecule has 1 aliphatic carbocycles. The van der Waals surface area contributed by atoms with Gasteiger partial charge in [0.25, 0.3) is 0 Å². The third-order valence-electron chi connectivity index (χ3n) is 6.03. The minimum atomic E-state index is -1.29. The summed E-state index contributed by atoms with van der Waals surface area (Å²) in [5.41, 5.74) is 6.09. The van der Waals surface area contributed by atoms with Crippen LogP contribution in [-0.2, 0) is 12.8 Å². The van der Waals surface area contributed by atoms with Crippen molar-refractivity contribution in [2.75, 3.05) is 6.54 Å². The van der Waals surface area contributed by atoms with Crippen LogP contribution >= 0.6 is 41.5 Å². The van der Waals surface area contributed by atoms with Crippen molar-refractivity contribution < 1.29 is 8.78 Å². The van der Waals surface area contributed by atoms with Crippen molar-refractivity contribution in [1.82, 2.24) is 4.90 Å². The minimum absolute atomic E-state index is 0.125. The fourth-order valence-corrected chi connectivity index (χ4v) is 7.72. The highest BCUT2D eigenvalue weighted by Gasteiger charge is 2.38. The second-order valence-corrected chi connectivity index (χ2v) is 14.2. The molecule has 1 atom stereocenters. The first-order chi connectivity index (χ1) is 13.9. The van der Waals surface area contributed by atoms with Gasteiger partial charge in [0.1, 0.15) is 11.9 Å². The van der Waals surface area contributed by atoms with E-state index in [1.807, 2.05) is 31.3 Å². The predicted octanol–water partition coefficient (Wildman–Crippen LogP) is 6.03. The average molecular weight is 618 g/mol. The summed E-state index contributed by atoms with van der Waals surface area (Å²) in [6, 6.07) is 5.46. The number of benzene rings is 1. The van der Waals surface area contributed by atoms with Gasteiger partial charge in [-0.3, -0.25) is 0 Å². The van der Waals surface area contributed by atoms with E-state index in [-0.39, 0.29) is 11.4 Å². The van der Waals surface area contributed by atoms with Crippen LogP contribution in [0.1, 0.15) is 36.5 Å². The second kappa shape index (κ2) is 8.14. The highest BCUT2D eigenvalue weighted by Crippen LogP contribution is 2.49. The van der Waals surface area contributed by atoms with E-state index in [1.165, 1.54) is 11.3 Å². The van der Waals surface area contributed by atoms with E-state index in [0.29, 0.717) is 24.3 Å². The zero-order chi connectivity index (χ0) is 20.8. The molecule has 2 aliphatic heterocycles. The maximum absolute atomic E-state index is 15.3. The number of allylic oxidation sites excluding steroid dienone is 3. The van der Waals surface area contributed by atoms with Gasteiger partial charge in [0.2, 0.25) is 1.68 Å². The molecule has 0 bridgehead atoms. The molecule has 1 aromatic carbocycles. The number of rotatable bonds is 3. The SMILES string of the molecule is C=IC(F)(I=C)C1=CN2C[C@@H]3CCCc4c(ccc(C#N)c4F)CC3=C2C(C)=C1. The normalized spacial score (nSPS) is 21.3. The number of nitrogens with zero attached hydrogens (tertiary/aromatic N) is 2.